The van der Waals surface area contributed by atoms with Gasteiger partial charge in [-0.1, -0.05) is 6.07 Å². The second kappa shape index (κ2) is 4.97. The van der Waals surface area contributed by atoms with Crippen molar-refractivity contribution in [2.45, 2.75) is 31.8 Å². The van der Waals surface area contributed by atoms with Gasteiger partial charge in [0.25, 0.3) is 0 Å². The molecule has 2 N–H and O–H groups in total. The molecule has 4 rings (SSSR count). The fourth-order valence-corrected chi connectivity index (χ4v) is 2.87. The fraction of sp³-hybridized carbons (Fsp3) is 0.294. The second-order valence-corrected chi connectivity index (χ2v) is 5.69. The monoisotopic (exact) mass is 278 g/mol. The highest BCUT2D eigenvalue weighted by Crippen LogP contribution is 2.39. The van der Waals surface area contributed by atoms with Crippen LogP contribution in [0.2, 0.25) is 0 Å². The number of nitrogens with zero attached hydrogens (tertiary/aromatic N) is 3. The van der Waals surface area contributed by atoms with Crippen molar-refractivity contribution in [1.82, 2.24) is 14.5 Å². The Bertz CT molecular complexity index is 772. The summed E-state index contributed by atoms with van der Waals surface area (Å²) in [5.74, 6) is 1.15. The Morgan fingerprint density at radius 2 is 1.90 bits per heavy atom. The SMILES string of the molecule is NCc1ccc2c(c1)nc(Cc1ccncc1)n2C1CC1. The zero-order chi connectivity index (χ0) is 14.2. The minimum absolute atomic E-state index is 0.561. The summed E-state index contributed by atoms with van der Waals surface area (Å²) in [4.78, 5) is 8.95. The molecule has 1 aliphatic rings. The molecule has 0 unspecified atom stereocenters. The number of imidazole rings is 1. The Morgan fingerprint density at radius 3 is 2.62 bits per heavy atom. The maximum Gasteiger partial charge on any atom is 0.114 e. The zero-order valence-electron chi connectivity index (χ0n) is 11.9. The number of hydrogen-bond donors (Lipinski definition) is 1. The minimum atomic E-state index is 0.561. The topological polar surface area (TPSA) is 56.7 Å². The van der Waals surface area contributed by atoms with Crippen LogP contribution in [0.25, 0.3) is 11.0 Å². The van der Waals surface area contributed by atoms with Crippen LogP contribution < -0.4 is 5.73 Å². The van der Waals surface area contributed by atoms with Gasteiger partial charge in [0.15, 0.2) is 0 Å². The van der Waals surface area contributed by atoms with Crippen LogP contribution in [0.1, 0.15) is 35.8 Å². The molecule has 0 spiro atoms. The van der Waals surface area contributed by atoms with Crippen LogP contribution in [-0.2, 0) is 13.0 Å². The van der Waals surface area contributed by atoms with Crippen LogP contribution in [0, 0.1) is 0 Å². The van der Waals surface area contributed by atoms with Crippen molar-refractivity contribution in [3.63, 3.8) is 0 Å². The molecule has 0 bridgehead atoms. The smallest absolute Gasteiger partial charge is 0.114 e. The molecule has 4 heteroatoms. The molecule has 2 aromatic heterocycles. The molecular formula is C17H18N4. The zero-order valence-corrected chi connectivity index (χ0v) is 11.9. The summed E-state index contributed by atoms with van der Waals surface area (Å²) in [7, 11) is 0. The fourth-order valence-electron chi connectivity index (χ4n) is 2.87. The Hall–Kier alpha value is -2.20. The Kier molecular flexibility index (Phi) is 2.97. The molecule has 2 heterocycles. The van der Waals surface area contributed by atoms with Crippen LogP contribution in [-0.4, -0.2) is 14.5 Å². The van der Waals surface area contributed by atoms with E-state index in [2.05, 4.69) is 39.9 Å². The first-order valence-corrected chi connectivity index (χ1v) is 7.44. The van der Waals surface area contributed by atoms with Crippen molar-refractivity contribution >= 4 is 11.0 Å². The van der Waals surface area contributed by atoms with Crippen LogP contribution in [0.5, 0.6) is 0 Å². The number of nitrogens with two attached hydrogens (primary N) is 1. The van der Waals surface area contributed by atoms with E-state index in [-0.39, 0.29) is 0 Å². The summed E-state index contributed by atoms with van der Waals surface area (Å²) in [5, 5.41) is 0. The number of hydrogen-bond acceptors (Lipinski definition) is 3. The van der Waals surface area contributed by atoms with Gasteiger partial charge < -0.3 is 10.3 Å². The molecule has 0 amide bonds. The summed E-state index contributed by atoms with van der Waals surface area (Å²) in [6.07, 6.45) is 7.05. The lowest BCUT2D eigenvalue weighted by molar-refractivity contribution is 0.715. The molecule has 0 aliphatic heterocycles. The van der Waals surface area contributed by atoms with E-state index in [0.717, 1.165) is 23.3 Å². The lowest BCUT2D eigenvalue weighted by Crippen LogP contribution is -2.02. The average Bonchev–Trinajstić information content (AvgIpc) is 3.29. The number of rotatable bonds is 4. The first-order chi connectivity index (χ1) is 10.3. The standard InChI is InChI=1S/C17H18N4/c18-11-13-1-4-16-15(9-13)20-17(21(16)14-2-3-14)10-12-5-7-19-8-6-12/h1,4-9,14H,2-3,10-11,18H2. The summed E-state index contributed by atoms with van der Waals surface area (Å²) in [6, 6.07) is 11.1. The van der Waals surface area contributed by atoms with Gasteiger partial charge in [0.1, 0.15) is 5.82 Å². The van der Waals surface area contributed by atoms with Gasteiger partial charge in [0.05, 0.1) is 11.0 Å². The van der Waals surface area contributed by atoms with Gasteiger partial charge in [0.2, 0.25) is 0 Å². The third-order valence-electron chi connectivity index (χ3n) is 4.09. The normalized spacial score (nSPS) is 14.7. The van der Waals surface area contributed by atoms with E-state index in [9.17, 15) is 0 Å². The molecule has 1 fully saturated rings. The van der Waals surface area contributed by atoms with E-state index in [1.165, 1.54) is 23.9 Å². The minimum Gasteiger partial charge on any atom is -0.326 e. The average molecular weight is 278 g/mol. The summed E-state index contributed by atoms with van der Waals surface area (Å²) in [6.45, 7) is 0.561. The maximum atomic E-state index is 5.74. The molecular weight excluding hydrogens is 260 g/mol. The predicted molar refractivity (Wildman–Crippen MR) is 82.9 cm³/mol. The molecule has 21 heavy (non-hydrogen) atoms. The van der Waals surface area contributed by atoms with Crippen LogP contribution in [0.4, 0.5) is 0 Å². The second-order valence-electron chi connectivity index (χ2n) is 5.69. The maximum absolute atomic E-state index is 5.74. The number of fused-ring (bicyclic) bond motifs is 1. The largest absolute Gasteiger partial charge is 0.326 e. The van der Waals surface area contributed by atoms with Crippen molar-refractivity contribution in [3.8, 4) is 0 Å². The Morgan fingerprint density at radius 1 is 1.10 bits per heavy atom. The molecule has 1 aromatic carbocycles. The number of benzene rings is 1. The Labute approximate surface area is 123 Å². The van der Waals surface area contributed by atoms with E-state index >= 15 is 0 Å². The molecule has 3 aromatic rings. The number of pyridine rings is 1. The van der Waals surface area contributed by atoms with Crippen molar-refractivity contribution < 1.29 is 0 Å². The van der Waals surface area contributed by atoms with Crippen LogP contribution in [0.3, 0.4) is 0 Å². The molecule has 0 radical (unpaired) electrons. The van der Waals surface area contributed by atoms with Crippen molar-refractivity contribution in [2.75, 3.05) is 0 Å². The van der Waals surface area contributed by atoms with Gasteiger partial charge in [-0.25, -0.2) is 4.98 Å². The molecule has 0 atom stereocenters. The van der Waals surface area contributed by atoms with Crippen LogP contribution >= 0.6 is 0 Å². The lowest BCUT2D eigenvalue weighted by Gasteiger charge is -2.07. The third-order valence-corrected chi connectivity index (χ3v) is 4.09. The highest BCUT2D eigenvalue weighted by molar-refractivity contribution is 5.77. The highest BCUT2D eigenvalue weighted by atomic mass is 15.1. The van der Waals surface area contributed by atoms with E-state index in [1.807, 2.05) is 12.4 Å². The van der Waals surface area contributed by atoms with Gasteiger partial charge in [-0.2, -0.15) is 0 Å². The highest BCUT2D eigenvalue weighted by Gasteiger charge is 2.28. The first-order valence-electron chi connectivity index (χ1n) is 7.44. The van der Waals surface area contributed by atoms with Gasteiger partial charge in [-0.3, -0.25) is 4.98 Å². The van der Waals surface area contributed by atoms with E-state index in [4.69, 9.17) is 10.7 Å². The summed E-state index contributed by atoms with van der Waals surface area (Å²) in [5.41, 5.74) is 10.4. The van der Waals surface area contributed by atoms with E-state index in [1.54, 1.807) is 0 Å². The van der Waals surface area contributed by atoms with Gasteiger partial charge in [-0.15, -0.1) is 0 Å². The first kappa shape index (κ1) is 12.5. The molecule has 4 nitrogen and oxygen atoms in total. The molecule has 106 valence electrons. The lowest BCUT2D eigenvalue weighted by atomic mass is 10.2. The molecule has 1 saturated carbocycles. The molecule has 0 saturated heterocycles. The van der Waals surface area contributed by atoms with Gasteiger partial charge in [-0.05, 0) is 48.2 Å². The van der Waals surface area contributed by atoms with Gasteiger partial charge in [0, 0.05) is 31.4 Å². The van der Waals surface area contributed by atoms with Gasteiger partial charge >= 0.3 is 0 Å². The quantitative estimate of drug-likeness (QED) is 0.798. The van der Waals surface area contributed by atoms with E-state index < -0.39 is 0 Å². The Balaban J connectivity index is 1.81. The molecule has 1 aliphatic carbocycles. The third kappa shape index (κ3) is 2.32. The summed E-state index contributed by atoms with van der Waals surface area (Å²) >= 11 is 0. The van der Waals surface area contributed by atoms with Crippen molar-refractivity contribution in [1.29, 1.82) is 0 Å². The summed E-state index contributed by atoms with van der Waals surface area (Å²) < 4.78 is 2.41. The van der Waals surface area contributed by atoms with E-state index in [0.29, 0.717) is 12.6 Å². The number of aromatic nitrogens is 3. The van der Waals surface area contributed by atoms with Crippen LogP contribution in [0.15, 0.2) is 42.7 Å². The van der Waals surface area contributed by atoms with Crippen molar-refractivity contribution in [3.05, 3.63) is 59.7 Å². The van der Waals surface area contributed by atoms with Crippen molar-refractivity contribution in [2.24, 2.45) is 5.73 Å². The predicted octanol–water partition coefficient (Wildman–Crippen LogP) is 2.82.